The maximum atomic E-state index is 13.2. The highest BCUT2D eigenvalue weighted by Gasteiger charge is 2.25. The number of aryl methyl sites for hydroxylation is 2. The minimum Gasteiger partial charge on any atom is -0.468 e. The van der Waals surface area contributed by atoms with E-state index in [1.165, 1.54) is 12.0 Å². The number of hydroxylamine groups is 1. The van der Waals surface area contributed by atoms with Crippen LogP contribution in [0.4, 0.5) is 0 Å². The van der Waals surface area contributed by atoms with Crippen molar-refractivity contribution in [1.82, 2.24) is 25.7 Å². The number of aromatic nitrogens is 2. The summed E-state index contributed by atoms with van der Waals surface area (Å²) in [7, 11) is 1.25. The van der Waals surface area contributed by atoms with Crippen LogP contribution in [0.5, 0.6) is 0 Å². The zero-order chi connectivity index (χ0) is 31.8. The number of amides is 3. The minimum atomic E-state index is -0.656. The zero-order valence-corrected chi connectivity index (χ0v) is 25.4. The Hall–Kier alpha value is -5.07. The van der Waals surface area contributed by atoms with Gasteiger partial charge in [0.1, 0.15) is 12.4 Å². The third-order valence-electron chi connectivity index (χ3n) is 7.48. The molecule has 0 spiro atoms. The number of fused-ring (bicyclic) bond motifs is 2. The molecule has 3 amide bonds. The molecule has 0 saturated heterocycles. The lowest BCUT2D eigenvalue weighted by atomic mass is 9.98. The summed E-state index contributed by atoms with van der Waals surface area (Å²) in [6.07, 6.45) is 0.831. The first-order valence-electron chi connectivity index (χ1n) is 14.4. The molecule has 45 heavy (non-hydrogen) atoms. The van der Waals surface area contributed by atoms with Crippen molar-refractivity contribution < 1.29 is 29.1 Å². The van der Waals surface area contributed by atoms with Crippen LogP contribution >= 0.6 is 11.3 Å². The molecule has 11 nitrogen and oxygen atoms in total. The highest BCUT2D eigenvalue weighted by Crippen LogP contribution is 2.28. The van der Waals surface area contributed by atoms with Gasteiger partial charge in [0.25, 0.3) is 5.91 Å². The second-order valence-corrected chi connectivity index (χ2v) is 11.4. The number of methoxy groups -OCH3 is 1. The molecular weight excluding hydrogens is 594 g/mol. The van der Waals surface area contributed by atoms with Crippen LogP contribution in [-0.2, 0) is 38.5 Å². The summed E-state index contributed by atoms with van der Waals surface area (Å²) in [6.45, 7) is 0.302. The van der Waals surface area contributed by atoms with Crippen molar-refractivity contribution in [2.45, 2.75) is 38.3 Å². The van der Waals surface area contributed by atoms with E-state index < -0.39 is 23.8 Å². The molecule has 1 atom stereocenters. The molecule has 4 N–H and O–H groups in total. The van der Waals surface area contributed by atoms with E-state index in [0.29, 0.717) is 29.9 Å². The second kappa shape index (κ2) is 14.6. The Morgan fingerprint density at radius 3 is 2.56 bits per heavy atom. The average Bonchev–Trinajstić information content (AvgIpc) is 3.72. The van der Waals surface area contributed by atoms with E-state index >= 15 is 0 Å². The predicted octanol–water partition coefficient (Wildman–Crippen LogP) is 4.08. The fraction of sp³-hybridized carbons (Fsp3) is 0.242. The number of nitrogens with zero attached hydrogens (tertiary/aromatic N) is 2. The van der Waals surface area contributed by atoms with Crippen LogP contribution < -0.4 is 16.1 Å². The summed E-state index contributed by atoms with van der Waals surface area (Å²) in [4.78, 5) is 55.3. The lowest BCUT2D eigenvalue weighted by Gasteiger charge is -2.21. The van der Waals surface area contributed by atoms with E-state index in [9.17, 15) is 19.2 Å². The third kappa shape index (κ3) is 7.72. The number of hydrogen-bond donors (Lipinski definition) is 4. The summed E-state index contributed by atoms with van der Waals surface area (Å²) in [5, 5.41) is 18.7. The molecule has 0 bridgehead atoms. The van der Waals surface area contributed by atoms with Crippen molar-refractivity contribution in [2.75, 3.05) is 13.7 Å². The number of esters is 1. The van der Waals surface area contributed by atoms with Crippen molar-refractivity contribution >= 4 is 56.8 Å². The Labute approximate surface area is 263 Å². The van der Waals surface area contributed by atoms with Crippen LogP contribution in [-0.4, -0.2) is 52.1 Å². The summed E-state index contributed by atoms with van der Waals surface area (Å²) in [5.41, 5.74) is 4.23. The molecule has 2 heterocycles. The first kappa shape index (κ1) is 31.4. The molecule has 3 aromatic carbocycles. The lowest BCUT2D eigenvalue weighted by molar-refractivity contribution is -0.139. The standard InChI is InChI=1S/C33H33N5O6S/c1-44-31(41)20-34-33(42)23-11-12-28-26(19-23)36-32(38(28)16-15-24-9-5-17-45-24)27(35-29(39)13-14-30(40)37-43)18-22-8-4-7-21-6-2-3-10-25(21)22/h2-12,17,19,27,43H,13-16,18,20H2,1H3,(H,34,42)(H,35,39)(H,37,40). The van der Waals surface area contributed by atoms with Crippen molar-refractivity contribution in [2.24, 2.45) is 0 Å². The number of hydrogen-bond acceptors (Lipinski definition) is 8. The van der Waals surface area contributed by atoms with Crippen LogP contribution in [0.2, 0.25) is 0 Å². The van der Waals surface area contributed by atoms with Crippen molar-refractivity contribution in [1.29, 1.82) is 0 Å². The van der Waals surface area contributed by atoms with Gasteiger partial charge in [0.05, 0.1) is 24.2 Å². The van der Waals surface area contributed by atoms with Crippen molar-refractivity contribution in [3.05, 3.63) is 100 Å². The molecule has 2 aromatic heterocycles. The smallest absolute Gasteiger partial charge is 0.325 e. The number of thiophene rings is 1. The minimum absolute atomic E-state index is 0.127. The van der Waals surface area contributed by atoms with Gasteiger partial charge in [-0.3, -0.25) is 24.4 Å². The summed E-state index contributed by atoms with van der Waals surface area (Å²) in [6, 6.07) is 22.7. The number of carbonyl (C=O) groups is 4. The fourth-order valence-corrected chi connectivity index (χ4v) is 5.94. The molecule has 0 aliphatic carbocycles. The van der Waals surface area contributed by atoms with Crippen LogP contribution in [0.15, 0.2) is 78.2 Å². The molecule has 0 aliphatic heterocycles. The Balaban J connectivity index is 1.55. The van der Waals surface area contributed by atoms with Crippen LogP contribution in [0, 0.1) is 0 Å². The molecule has 5 aromatic rings. The molecule has 1 unspecified atom stereocenters. The van der Waals surface area contributed by atoms with E-state index in [-0.39, 0.29) is 25.3 Å². The van der Waals surface area contributed by atoms with Gasteiger partial charge in [-0.1, -0.05) is 48.5 Å². The van der Waals surface area contributed by atoms with E-state index in [4.69, 9.17) is 10.2 Å². The van der Waals surface area contributed by atoms with Gasteiger partial charge in [-0.15, -0.1) is 11.3 Å². The molecule has 12 heteroatoms. The maximum absolute atomic E-state index is 13.2. The first-order chi connectivity index (χ1) is 21.9. The number of rotatable bonds is 13. The molecule has 0 fully saturated rings. The van der Waals surface area contributed by atoms with E-state index in [2.05, 4.69) is 26.0 Å². The molecular formula is C33H33N5O6S. The number of nitrogens with one attached hydrogen (secondary N) is 3. The molecule has 5 rings (SSSR count). The van der Waals surface area contributed by atoms with Gasteiger partial charge in [0, 0.05) is 36.2 Å². The Morgan fingerprint density at radius 2 is 1.78 bits per heavy atom. The number of carbonyl (C=O) groups excluding carboxylic acids is 4. The van der Waals surface area contributed by atoms with Gasteiger partial charge >= 0.3 is 5.97 Å². The second-order valence-electron chi connectivity index (χ2n) is 10.4. The fourth-order valence-electron chi connectivity index (χ4n) is 5.24. The quantitative estimate of drug-likeness (QED) is 0.0872. The van der Waals surface area contributed by atoms with Gasteiger partial charge in [-0.05, 0) is 52.4 Å². The normalized spacial score (nSPS) is 11.7. The summed E-state index contributed by atoms with van der Waals surface area (Å²) >= 11 is 1.65. The van der Waals surface area contributed by atoms with Gasteiger partial charge in [0.2, 0.25) is 11.8 Å². The van der Waals surface area contributed by atoms with Gasteiger partial charge in [-0.2, -0.15) is 0 Å². The Morgan fingerprint density at radius 1 is 0.978 bits per heavy atom. The number of benzene rings is 3. The lowest BCUT2D eigenvalue weighted by Crippen LogP contribution is -2.33. The zero-order valence-electron chi connectivity index (χ0n) is 24.6. The van der Waals surface area contributed by atoms with Crippen LogP contribution in [0.1, 0.15) is 45.5 Å². The Kier molecular flexibility index (Phi) is 10.2. The highest BCUT2D eigenvalue weighted by molar-refractivity contribution is 7.09. The maximum Gasteiger partial charge on any atom is 0.325 e. The highest BCUT2D eigenvalue weighted by atomic mass is 32.1. The SMILES string of the molecule is COC(=O)CNC(=O)c1ccc2c(c1)nc(C(Cc1cccc3ccccc13)NC(=O)CCC(=O)NO)n2CCc1cccs1. The van der Waals surface area contributed by atoms with Gasteiger partial charge < -0.3 is 19.9 Å². The molecule has 0 aliphatic rings. The van der Waals surface area contributed by atoms with E-state index in [0.717, 1.165) is 28.3 Å². The topological polar surface area (TPSA) is 152 Å². The van der Waals surface area contributed by atoms with Gasteiger partial charge in [0.15, 0.2) is 0 Å². The average molecular weight is 628 g/mol. The number of ether oxygens (including phenoxy) is 1. The van der Waals surface area contributed by atoms with Crippen molar-refractivity contribution in [3.8, 4) is 0 Å². The first-order valence-corrected chi connectivity index (χ1v) is 15.3. The summed E-state index contributed by atoms with van der Waals surface area (Å²) in [5.74, 6) is -1.44. The third-order valence-corrected chi connectivity index (χ3v) is 8.41. The van der Waals surface area contributed by atoms with Gasteiger partial charge in [-0.25, -0.2) is 10.5 Å². The van der Waals surface area contributed by atoms with Crippen molar-refractivity contribution in [3.63, 3.8) is 0 Å². The number of imidazole rings is 1. The molecule has 0 saturated carbocycles. The molecule has 0 radical (unpaired) electrons. The predicted molar refractivity (Wildman–Crippen MR) is 170 cm³/mol. The van der Waals surface area contributed by atoms with E-state index in [1.807, 2.05) is 60.0 Å². The van der Waals surface area contributed by atoms with E-state index in [1.54, 1.807) is 28.9 Å². The Bertz CT molecular complexity index is 1830. The monoisotopic (exact) mass is 627 g/mol. The summed E-state index contributed by atoms with van der Waals surface area (Å²) < 4.78 is 6.67. The largest absolute Gasteiger partial charge is 0.468 e. The van der Waals surface area contributed by atoms with Crippen LogP contribution in [0.3, 0.4) is 0 Å². The molecule has 232 valence electrons. The van der Waals surface area contributed by atoms with Crippen LogP contribution in [0.25, 0.3) is 21.8 Å².